The van der Waals surface area contributed by atoms with E-state index < -0.39 is 5.97 Å². The van der Waals surface area contributed by atoms with Crippen LogP contribution in [0.5, 0.6) is 5.75 Å². The van der Waals surface area contributed by atoms with Crippen molar-refractivity contribution < 1.29 is 19.4 Å². The fourth-order valence-electron chi connectivity index (χ4n) is 2.11. The summed E-state index contributed by atoms with van der Waals surface area (Å²) in [6.45, 7) is 3.66. The number of hydrogen-bond acceptors (Lipinski definition) is 4. The lowest BCUT2D eigenvalue weighted by molar-refractivity contribution is 0.0697. The molecule has 0 aromatic heterocycles. The molecule has 0 bridgehead atoms. The number of carbonyl (C=O) groups is 1. The number of rotatable bonds is 7. The molecule has 1 aromatic carbocycles. The van der Waals surface area contributed by atoms with Gasteiger partial charge in [-0.1, -0.05) is 0 Å². The Hall–Kier alpha value is -1.20. The van der Waals surface area contributed by atoms with E-state index in [0.29, 0.717) is 18.0 Å². The van der Waals surface area contributed by atoms with Crippen molar-refractivity contribution in [2.75, 3.05) is 19.0 Å². The summed E-state index contributed by atoms with van der Waals surface area (Å²) in [5.41, 5.74) is 0.281. The zero-order valence-corrected chi connectivity index (χ0v) is 12.4. The van der Waals surface area contributed by atoms with Gasteiger partial charge in [0.1, 0.15) is 5.75 Å². The van der Waals surface area contributed by atoms with Crippen LogP contribution in [0.2, 0.25) is 0 Å². The van der Waals surface area contributed by atoms with Crippen LogP contribution in [0.3, 0.4) is 0 Å². The summed E-state index contributed by atoms with van der Waals surface area (Å²) in [4.78, 5) is 10.7. The van der Waals surface area contributed by atoms with Gasteiger partial charge in [-0.3, -0.25) is 0 Å². The van der Waals surface area contributed by atoms with Gasteiger partial charge in [-0.2, -0.15) is 11.8 Å². The van der Waals surface area contributed by atoms with E-state index in [0.717, 1.165) is 31.0 Å². The van der Waals surface area contributed by atoms with Crippen LogP contribution < -0.4 is 4.74 Å². The quantitative estimate of drug-likeness (QED) is 0.784. The molecule has 0 aliphatic carbocycles. The van der Waals surface area contributed by atoms with Gasteiger partial charge < -0.3 is 14.6 Å². The van der Waals surface area contributed by atoms with Gasteiger partial charge in [0, 0.05) is 11.9 Å². The van der Waals surface area contributed by atoms with E-state index >= 15 is 0 Å². The monoisotopic (exact) mass is 296 g/mol. The summed E-state index contributed by atoms with van der Waals surface area (Å²) in [6, 6.07) is 6.51. The average molecular weight is 296 g/mol. The van der Waals surface area contributed by atoms with Gasteiger partial charge in [0.25, 0.3) is 0 Å². The number of carboxylic acid groups (broad SMARTS) is 1. The van der Waals surface area contributed by atoms with Crippen molar-refractivity contribution in [3.05, 3.63) is 29.8 Å². The van der Waals surface area contributed by atoms with Crippen LogP contribution in [-0.2, 0) is 4.74 Å². The van der Waals surface area contributed by atoms with Crippen molar-refractivity contribution in [3.8, 4) is 5.75 Å². The molecule has 5 heteroatoms. The molecule has 1 aliphatic heterocycles. The molecule has 4 nitrogen and oxygen atoms in total. The van der Waals surface area contributed by atoms with Crippen LogP contribution in [0.4, 0.5) is 0 Å². The number of thioether (sulfide) groups is 1. The normalized spacial score (nSPS) is 21.9. The number of benzene rings is 1. The second-order valence-electron chi connectivity index (χ2n) is 4.81. The van der Waals surface area contributed by atoms with Gasteiger partial charge in [0.2, 0.25) is 0 Å². The van der Waals surface area contributed by atoms with Gasteiger partial charge in [-0.15, -0.1) is 0 Å². The zero-order chi connectivity index (χ0) is 14.4. The number of aromatic carboxylic acids is 1. The standard InChI is InChI=1S/C15H20O4S/c1-11-14(7-9-18-11)20-10-2-8-19-13-5-3-12(4-6-13)15(16)17/h3-6,11,14H,2,7-10H2,1H3,(H,16,17). The Balaban J connectivity index is 1.62. The Morgan fingerprint density at radius 2 is 2.20 bits per heavy atom. The van der Waals surface area contributed by atoms with Crippen molar-refractivity contribution in [1.82, 2.24) is 0 Å². The highest BCUT2D eigenvalue weighted by atomic mass is 32.2. The lowest BCUT2D eigenvalue weighted by atomic mass is 10.2. The molecule has 1 aromatic rings. The summed E-state index contributed by atoms with van der Waals surface area (Å²) in [6.07, 6.45) is 2.49. The number of hydrogen-bond donors (Lipinski definition) is 1. The van der Waals surface area contributed by atoms with Crippen LogP contribution >= 0.6 is 11.8 Å². The van der Waals surface area contributed by atoms with Gasteiger partial charge in [-0.25, -0.2) is 4.79 Å². The Labute approximate surface area is 123 Å². The van der Waals surface area contributed by atoms with Crippen molar-refractivity contribution in [2.24, 2.45) is 0 Å². The Bertz CT molecular complexity index is 432. The van der Waals surface area contributed by atoms with Crippen LogP contribution in [0.15, 0.2) is 24.3 Å². The molecular weight excluding hydrogens is 276 g/mol. The highest BCUT2D eigenvalue weighted by molar-refractivity contribution is 7.99. The third-order valence-corrected chi connectivity index (χ3v) is 4.87. The first kappa shape index (κ1) is 15.2. The maximum atomic E-state index is 10.7. The van der Waals surface area contributed by atoms with E-state index in [2.05, 4.69) is 6.92 Å². The van der Waals surface area contributed by atoms with E-state index in [4.69, 9.17) is 14.6 Å². The predicted molar refractivity (Wildman–Crippen MR) is 79.8 cm³/mol. The van der Waals surface area contributed by atoms with Gasteiger partial charge in [0.15, 0.2) is 0 Å². The molecule has 2 atom stereocenters. The lowest BCUT2D eigenvalue weighted by Crippen LogP contribution is -2.14. The molecule has 2 unspecified atom stereocenters. The van der Waals surface area contributed by atoms with E-state index in [-0.39, 0.29) is 5.56 Å². The zero-order valence-electron chi connectivity index (χ0n) is 11.6. The first-order valence-electron chi connectivity index (χ1n) is 6.86. The van der Waals surface area contributed by atoms with Crippen LogP contribution in [0.25, 0.3) is 0 Å². The minimum absolute atomic E-state index is 0.281. The molecule has 0 amide bonds. The summed E-state index contributed by atoms with van der Waals surface area (Å²) < 4.78 is 11.1. The Kier molecular flexibility index (Phi) is 5.73. The molecule has 2 rings (SSSR count). The first-order chi connectivity index (χ1) is 9.66. The topological polar surface area (TPSA) is 55.8 Å². The molecule has 1 saturated heterocycles. The van der Waals surface area contributed by atoms with Crippen molar-refractivity contribution in [3.63, 3.8) is 0 Å². The minimum Gasteiger partial charge on any atom is -0.494 e. The Morgan fingerprint density at radius 3 is 2.80 bits per heavy atom. The summed E-state index contributed by atoms with van der Waals surface area (Å²) in [5.74, 6) is 0.865. The SMILES string of the molecule is CC1OCCC1SCCCOc1ccc(C(=O)O)cc1. The molecule has 0 radical (unpaired) electrons. The fourth-order valence-corrected chi connectivity index (χ4v) is 3.31. The van der Waals surface area contributed by atoms with Crippen LogP contribution in [0.1, 0.15) is 30.1 Å². The molecule has 20 heavy (non-hydrogen) atoms. The van der Waals surface area contributed by atoms with Crippen LogP contribution in [0, 0.1) is 0 Å². The maximum absolute atomic E-state index is 10.7. The molecule has 0 spiro atoms. The third-order valence-electron chi connectivity index (χ3n) is 3.30. The molecule has 110 valence electrons. The van der Waals surface area contributed by atoms with E-state index in [1.807, 2.05) is 11.8 Å². The van der Waals surface area contributed by atoms with Crippen molar-refractivity contribution >= 4 is 17.7 Å². The van der Waals surface area contributed by atoms with Crippen molar-refractivity contribution in [2.45, 2.75) is 31.1 Å². The third kappa shape index (κ3) is 4.42. The summed E-state index contributed by atoms with van der Waals surface area (Å²) in [7, 11) is 0. The molecule has 1 heterocycles. The molecule has 1 aliphatic rings. The highest BCUT2D eigenvalue weighted by Gasteiger charge is 2.23. The average Bonchev–Trinajstić information content (AvgIpc) is 2.84. The molecule has 1 fully saturated rings. The lowest BCUT2D eigenvalue weighted by Gasteiger charge is -2.13. The summed E-state index contributed by atoms with van der Waals surface area (Å²) >= 11 is 1.95. The fraction of sp³-hybridized carbons (Fsp3) is 0.533. The largest absolute Gasteiger partial charge is 0.494 e. The number of ether oxygens (including phenoxy) is 2. The number of carboxylic acids is 1. The molecular formula is C15H20O4S. The van der Waals surface area contributed by atoms with Crippen molar-refractivity contribution in [1.29, 1.82) is 0 Å². The maximum Gasteiger partial charge on any atom is 0.335 e. The molecule has 1 N–H and O–H groups in total. The highest BCUT2D eigenvalue weighted by Crippen LogP contribution is 2.26. The smallest absolute Gasteiger partial charge is 0.335 e. The minimum atomic E-state index is -0.916. The van der Waals surface area contributed by atoms with Gasteiger partial charge >= 0.3 is 5.97 Å². The first-order valence-corrected chi connectivity index (χ1v) is 7.91. The molecule has 0 saturated carbocycles. The second-order valence-corrected chi connectivity index (χ2v) is 6.15. The van der Waals surface area contributed by atoms with Gasteiger partial charge in [0.05, 0.1) is 18.3 Å². The Morgan fingerprint density at radius 1 is 1.45 bits per heavy atom. The second kappa shape index (κ2) is 7.55. The van der Waals surface area contributed by atoms with E-state index in [9.17, 15) is 4.79 Å². The van der Waals surface area contributed by atoms with Gasteiger partial charge in [-0.05, 0) is 49.8 Å². The summed E-state index contributed by atoms with van der Waals surface area (Å²) in [5, 5.41) is 9.41. The van der Waals surface area contributed by atoms with E-state index in [1.54, 1.807) is 24.3 Å². The van der Waals surface area contributed by atoms with E-state index in [1.165, 1.54) is 0 Å². The predicted octanol–water partition coefficient (Wildman–Crippen LogP) is 3.06. The van der Waals surface area contributed by atoms with Crippen LogP contribution in [-0.4, -0.2) is 41.4 Å².